The molecule has 1 fully saturated rings. The molecular formula is C16H30O. The standard InChI is InChI=1S/C16H30O/c1-3-16(17-2)14-10-9-13-15-11-7-5-4-6-8-12-15/h13,16H,3-12,14H2,1-2H3. The van der Waals surface area contributed by atoms with Gasteiger partial charge in [-0.2, -0.15) is 0 Å². The first-order valence-electron chi connectivity index (χ1n) is 7.57. The van der Waals surface area contributed by atoms with E-state index in [1.165, 1.54) is 64.2 Å². The predicted octanol–water partition coefficient (Wildman–Crippen LogP) is 5.25. The molecular weight excluding hydrogens is 208 g/mol. The van der Waals surface area contributed by atoms with Crippen molar-refractivity contribution in [3.63, 3.8) is 0 Å². The molecule has 0 N–H and O–H groups in total. The van der Waals surface area contributed by atoms with Crippen LogP contribution in [0.3, 0.4) is 0 Å². The molecule has 1 saturated carbocycles. The molecule has 1 nitrogen and oxygen atoms in total. The number of ether oxygens (including phenoxy) is 1. The maximum Gasteiger partial charge on any atom is 0.0568 e. The Morgan fingerprint density at radius 1 is 1.12 bits per heavy atom. The second-order valence-electron chi connectivity index (χ2n) is 5.33. The van der Waals surface area contributed by atoms with E-state index in [-0.39, 0.29) is 0 Å². The Bertz CT molecular complexity index is 194. The monoisotopic (exact) mass is 238 g/mol. The van der Waals surface area contributed by atoms with Crippen LogP contribution in [0, 0.1) is 0 Å². The van der Waals surface area contributed by atoms with Gasteiger partial charge in [-0.1, -0.05) is 37.8 Å². The van der Waals surface area contributed by atoms with Gasteiger partial charge in [0.1, 0.15) is 0 Å². The van der Waals surface area contributed by atoms with Crippen molar-refractivity contribution in [2.24, 2.45) is 0 Å². The van der Waals surface area contributed by atoms with Gasteiger partial charge in [0, 0.05) is 7.11 Å². The van der Waals surface area contributed by atoms with Crippen molar-refractivity contribution < 1.29 is 4.74 Å². The Morgan fingerprint density at radius 2 is 1.76 bits per heavy atom. The maximum absolute atomic E-state index is 5.41. The third-order valence-electron chi connectivity index (χ3n) is 3.95. The molecule has 0 aromatic carbocycles. The van der Waals surface area contributed by atoms with Crippen molar-refractivity contribution in [1.29, 1.82) is 0 Å². The molecule has 0 aliphatic heterocycles. The Kier molecular flexibility index (Phi) is 8.42. The highest BCUT2D eigenvalue weighted by molar-refractivity contribution is 5.02. The number of rotatable bonds is 6. The van der Waals surface area contributed by atoms with Crippen LogP contribution in [0.2, 0.25) is 0 Å². The summed E-state index contributed by atoms with van der Waals surface area (Å²) in [7, 11) is 1.83. The van der Waals surface area contributed by atoms with E-state index >= 15 is 0 Å². The fourth-order valence-electron chi connectivity index (χ4n) is 2.70. The van der Waals surface area contributed by atoms with E-state index in [1.54, 1.807) is 5.57 Å². The molecule has 0 saturated heterocycles. The first-order chi connectivity index (χ1) is 8.36. The molecule has 1 atom stereocenters. The van der Waals surface area contributed by atoms with Crippen molar-refractivity contribution in [3.05, 3.63) is 11.6 Å². The Morgan fingerprint density at radius 3 is 2.35 bits per heavy atom. The van der Waals surface area contributed by atoms with Crippen molar-refractivity contribution in [3.8, 4) is 0 Å². The van der Waals surface area contributed by atoms with Crippen LogP contribution in [0.15, 0.2) is 11.6 Å². The lowest BCUT2D eigenvalue weighted by molar-refractivity contribution is 0.0906. The van der Waals surface area contributed by atoms with Gasteiger partial charge in [0.05, 0.1) is 6.10 Å². The third-order valence-corrected chi connectivity index (χ3v) is 3.95. The highest BCUT2D eigenvalue weighted by Gasteiger charge is 2.04. The summed E-state index contributed by atoms with van der Waals surface area (Å²) < 4.78 is 5.41. The van der Waals surface area contributed by atoms with Gasteiger partial charge in [-0.3, -0.25) is 0 Å². The van der Waals surface area contributed by atoms with Crippen LogP contribution in [0.4, 0.5) is 0 Å². The summed E-state index contributed by atoms with van der Waals surface area (Å²) in [6.07, 6.45) is 17.8. The van der Waals surface area contributed by atoms with Gasteiger partial charge in [0.2, 0.25) is 0 Å². The molecule has 17 heavy (non-hydrogen) atoms. The molecule has 0 spiro atoms. The van der Waals surface area contributed by atoms with Crippen LogP contribution in [0.5, 0.6) is 0 Å². The zero-order valence-electron chi connectivity index (χ0n) is 11.8. The van der Waals surface area contributed by atoms with Gasteiger partial charge in [-0.15, -0.1) is 0 Å². The molecule has 1 aliphatic carbocycles. The average molecular weight is 238 g/mol. The molecule has 0 heterocycles. The number of hydrogen-bond acceptors (Lipinski definition) is 1. The first kappa shape index (κ1) is 14.8. The number of methoxy groups -OCH3 is 1. The Hall–Kier alpha value is -0.300. The van der Waals surface area contributed by atoms with Gasteiger partial charge in [0.25, 0.3) is 0 Å². The summed E-state index contributed by atoms with van der Waals surface area (Å²) >= 11 is 0. The van der Waals surface area contributed by atoms with E-state index in [9.17, 15) is 0 Å². The molecule has 0 bridgehead atoms. The summed E-state index contributed by atoms with van der Waals surface area (Å²) in [4.78, 5) is 0. The smallest absolute Gasteiger partial charge is 0.0568 e. The zero-order chi connectivity index (χ0) is 12.3. The summed E-state index contributed by atoms with van der Waals surface area (Å²) in [6.45, 7) is 2.21. The average Bonchev–Trinajstić information content (AvgIpc) is 2.31. The highest BCUT2D eigenvalue weighted by atomic mass is 16.5. The lowest BCUT2D eigenvalue weighted by Gasteiger charge is -2.13. The number of unbranched alkanes of at least 4 members (excludes halogenated alkanes) is 1. The summed E-state index contributed by atoms with van der Waals surface area (Å²) in [5, 5.41) is 0. The first-order valence-corrected chi connectivity index (χ1v) is 7.57. The Labute approximate surface area is 108 Å². The molecule has 0 aromatic heterocycles. The van der Waals surface area contributed by atoms with Gasteiger partial charge < -0.3 is 4.74 Å². The van der Waals surface area contributed by atoms with Gasteiger partial charge in [-0.05, 0) is 51.4 Å². The quantitative estimate of drug-likeness (QED) is 0.453. The minimum atomic E-state index is 0.478. The molecule has 0 amide bonds. The molecule has 0 radical (unpaired) electrons. The predicted molar refractivity (Wildman–Crippen MR) is 75.3 cm³/mol. The lowest BCUT2D eigenvalue weighted by Crippen LogP contribution is -2.07. The topological polar surface area (TPSA) is 9.23 Å². The largest absolute Gasteiger partial charge is 0.381 e. The summed E-state index contributed by atoms with van der Waals surface area (Å²) in [5.41, 5.74) is 1.73. The van der Waals surface area contributed by atoms with E-state index in [0.29, 0.717) is 6.10 Å². The zero-order valence-corrected chi connectivity index (χ0v) is 11.8. The molecule has 1 rings (SSSR count). The molecule has 100 valence electrons. The van der Waals surface area contributed by atoms with Crippen molar-refractivity contribution in [2.45, 2.75) is 83.7 Å². The van der Waals surface area contributed by atoms with Crippen LogP contribution in [-0.2, 0) is 4.74 Å². The van der Waals surface area contributed by atoms with Crippen LogP contribution in [0.25, 0.3) is 0 Å². The van der Waals surface area contributed by atoms with Crippen molar-refractivity contribution >= 4 is 0 Å². The van der Waals surface area contributed by atoms with E-state index in [2.05, 4.69) is 13.0 Å². The normalized spacial score (nSPS) is 19.5. The fourth-order valence-corrected chi connectivity index (χ4v) is 2.70. The van der Waals surface area contributed by atoms with E-state index in [4.69, 9.17) is 4.74 Å². The summed E-state index contributed by atoms with van der Waals surface area (Å²) in [6, 6.07) is 0. The van der Waals surface area contributed by atoms with Crippen LogP contribution in [0.1, 0.15) is 77.6 Å². The fraction of sp³-hybridized carbons (Fsp3) is 0.875. The second-order valence-corrected chi connectivity index (χ2v) is 5.33. The second kappa shape index (κ2) is 9.70. The minimum absolute atomic E-state index is 0.478. The number of hydrogen-bond donors (Lipinski definition) is 0. The maximum atomic E-state index is 5.41. The van der Waals surface area contributed by atoms with Crippen molar-refractivity contribution in [2.75, 3.05) is 7.11 Å². The van der Waals surface area contributed by atoms with Crippen LogP contribution >= 0.6 is 0 Å². The third kappa shape index (κ3) is 6.88. The SMILES string of the molecule is CCC(CCCC=C1CCCCCCC1)OC. The molecule has 0 aromatic rings. The highest BCUT2D eigenvalue weighted by Crippen LogP contribution is 2.22. The Balaban J connectivity index is 2.17. The van der Waals surface area contributed by atoms with E-state index in [1.807, 2.05) is 7.11 Å². The summed E-state index contributed by atoms with van der Waals surface area (Å²) in [5.74, 6) is 0. The molecule has 1 aliphatic rings. The van der Waals surface area contributed by atoms with Gasteiger partial charge in [-0.25, -0.2) is 0 Å². The molecule has 1 heteroatoms. The van der Waals surface area contributed by atoms with E-state index in [0.717, 1.165) is 6.42 Å². The molecule has 1 unspecified atom stereocenters. The number of allylic oxidation sites excluding steroid dienone is 2. The van der Waals surface area contributed by atoms with Gasteiger partial charge in [0.15, 0.2) is 0 Å². The van der Waals surface area contributed by atoms with Crippen LogP contribution < -0.4 is 0 Å². The van der Waals surface area contributed by atoms with E-state index < -0.39 is 0 Å². The van der Waals surface area contributed by atoms with Crippen molar-refractivity contribution in [1.82, 2.24) is 0 Å². The minimum Gasteiger partial charge on any atom is -0.381 e. The van der Waals surface area contributed by atoms with Crippen LogP contribution in [-0.4, -0.2) is 13.2 Å². The lowest BCUT2D eigenvalue weighted by atomic mass is 9.95. The van der Waals surface area contributed by atoms with Gasteiger partial charge >= 0.3 is 0 Å².